The van der Waals surface area contributed by atoms with Crippen molar-refractivity contribution in [2.45, 2.75) is 0 Å². The van der Waals surface area contributed by atoms with E-state index in [9.17, 15) is 0 Å². The van der Waals surface area contributed by atoms with E-state index in [4.69, 9.17) is 13.8 Å². The van der Waals surface area contributed by atoms with Crippen LogP contribution in [0.2, 0.25) is 0 Å². The number of benzene rings is 6. The normalized spacial score (nSPS) is 11.4. The van der Waals surface area contributed by atoms with Crippen LogP contribution in [-0.2, 0) is 0 Å². The Morgan fingerprint density at radius 1 is 0.463 bits per heavy atom. The third-order valence-electron chi connectivity index (χ3n) is 7.49. The number of anilines is 3. The third-order valence-corrected chi connectivity index (χ3v) is 7.49. The number of para-hydroxylation sites is 1. The Kier molecular flexibility index (Phi) is 5.42. The Morgan fingerprint density at radius 2 is 1.10 bits per heavy atom. The molecule has 4 nitrogen and oxygen atoms in total. The molecule has 0 amide bonds. The topological polar surface area (TPSA) is 42.4 Å². The van der Waals surface area contributed by atoms with Gasteiger partial charge in [-0.15, -0.1) is 0 Å². The molecule has 4 heteroatoms. The minimum Gasteiger partial charge on any atom is -0.456 e. The maximum Gasteiger partial charge on any atom is 0.227 e. The Labute approximate surface area is 236 Å². The maximum atomic E-state index is 6.40. The van der Waals surface area contributed by atoms with Crippen LogP contribution in [0.1, 0.15) is 0 Å². The quantitative estimate of drug-likeness (QED) is 0.223. The van der Waals surface area contributed by atoms with Crippen LogP contribution in [0.15, 0.2) is 154 Å². The molecule has 0 bridgehead atoms. The molecule has 2 heterocycles. The van der Waals surface area contributed by atoms with E-state index < -0.39 is 0 Å². The minimum absolute atomic E-state index is 0.599. The van der Waals surface area contributed by atoms with Gasteiger partial charge in [-0.25, -0.2) is 4.98 Å². The van der Waals surface area contributed by atoms with Gasteiger partial charge >= 0.3 is 0 Å². The number of hydrogen-bond acceptors (Lipinski definition) is 4. The molecular weight excluding hydrogens is 504 g/mol. The van der Waals surface area contributed by atoms with E-state index in [1.54, 1.807) is 0 Å². The van der Waals surface area contributed by atoms with Crippen molar-refractivity contribution in [3.63, 3.8) is 0 Å². The van der Waals surface area contributed by atoms with Gasteiger partial charge in [0.1, 0.15) is 16.7 Å². The van der Waals surface area contributed by atoms with Crippen molar-refractivity contribution in [2.24, 2.45) is 0 Å². The summed E-state index contributed by atoms with van der Waals surface area (Å²) in [4.78, 5) is 7.11. The van der Waals surface area contributed by atoms with Crippen molar-refractivity contribution in [1.29, 1.82) is 0 Å². The van der Waals surface area contributed by atoms with Gasteiger partial charge in [-0.2, -0.15) is 0 Å². The van der Waals surface area contributed by atoms with Gasteiger partial charge in [-0.1, -0.05) is 84.9 Å². The second-order valence-electron chi connectivity index (χ2n) is 10.0. The highest BCUT2D eigenvalue weighted by Crippen LogP contribution is 2.44. The molecule has 194 valence electrons. The molecular formula is C37H24N2O2. The van der Waals surface area contributed by atoms with Gasteiger partial charge in [0.2, 0.25) is 5.89 Å². The van der Waals surface area contributed by atoms with Crippen LogP contribution in [-0.4, -0.2) is 4.98 Å². The third kappa shape index (κ3) is 4.05. The lowest BCUT2D eigenvalue weighted by Crippen LogP contribution is -2.10. The standard InChI is InChI=1S/C37H24N2O2/c1-4-11-25(12-5-1)26-19-21-29(22-20-26)39(28-15-8-3-9-16-28)32-17-10-18-33-36(32)30-23-31-35(24-34(30)40-33)41-37(38-31)27-13-6-2-7-14-27/h1-24H. The van der Waals surface area contributed by atoms with Gasteiger partial charge in [-0.05, 0) is 65.7 Å². The molecule has 0 saturated carbocycles. The molecule has 0 atom stereocenters. The molecule has 0 saturated heterocycles. The summed E-state index contributed by atoms with van der Waals surface area (Å²) >= 11 is 0. The van der Waals surface area contributed by atoms with Crippen molar-refractivity contribution in [2.75, 3.05) is 4.90 Å². The van der Waals surface area contributed by atoms with Gasteiger partial charge in [0, 0.05) is 28.4 Å². The van der Waals surface area contributed by atoms with E-state index in [1.807, 2.05) is 60.7 Å². The zero-order valence-corrected chi connectivity index (χ0v) is 22.1. The van der Waals surface area contributed by atoms with Crippen LogP contribution in [0.5, 0.6) is 0 Å². The smallest absolute Gasteiger partial charge is 0.227 e. The average molecular weight is 529 g/mol. The fourth-order valence-corrected chi connectivity index (χ4v) is 5.56. The van der Waals surface area contributed by atoms with Crippen LogP contribution in [0.3, 0.4) is 0 Å². The molecule has 6 aromatic carbocycles. The lowest BCUT2D eigenvalue weighted by atomic mass is 10.0. The van der Waals surface area contributed by atoms with Gasteiger partial charge in [0.05, 0.1) is 11.1 Å². The van der Waals surface area contributed by atoms with E-state index in [0.29, 0.717) is 11.5 Å². The molecule has 0 N–H and O–H groups in total. The first kappa shape index (κ1) is 23.3. The molecule has 0 aliphatic heterocycles. The monoisotopic (exact) mass is 528 g/mol. The SMILES string of the molecule is c1ccc(-c2ccc(N(c3ccccc3)c3cccc4oc5cc6oc(-c7ccccc7)nc6cc5c34)cc2)cc1. The largest absolute Gasteiger partial charge is 0.456 e. The van der Waals surface area contributed by atoms with Crippen molar-refractivity contribution >= 4 is 50.1 Å². The molecule has 0 spiro atoms. The maximum absolute atomic E-state index is 6.40. The molecule has 2 aromatic heterocycles. The summed E-state index contributed by atoms with van der Waals surface area (Å²) in [6.45, 7) is 0. The number of hydrogen-bond donors (Lipinski definition) is 0. The summed E-state index contributed by atoms with van der Waals surface area (Å²) < 4.78 is 12.5. The molecule has 8 aromatic rings. The van der Waals surface area contributed by atoms with Crippen LogP contribution in [0.25, 0.3) is 55.6 Å². The zero-order chi connectivity index (χ0) is 27.2. The molecule has 41 heavy (non-hydrogen) atoms. The van der Waals surface area contributed by atoms with Crippen molar-refractivity contribution in [1.82, 2.24) is 4.98 Å². The van der Waals surface area contributed by atoms with E-state index in [2.05, 4.69) is 89.8 Å². The van der Waals surface area contributed by atoms with E-state index in [-0.39, 0.29) is 0 Å². The molecule has 0 aliphatic carbocycles. The Hall–Kier alpha value is -5.61. The number of rotatable bonds is 5. The number of nitrogens with zero attached hydrogens (tertiary/aromatic N) is 2. The highest BCUT2D eigenvalue weighted by molar-refractivity contribution is 6.15. The van der Waals surface area contributed by atoms with Gasteiger partial charge < -0.3 is 13.7 Å². The second kappa shape index (κ2) is 9.54. The molecule has 0 radical (unpaired) electrons. The van der Waals surface area contributed by atoms with E-state index in [0.717, 1.165) is 50.1 Å². The van der Waals surface area contributed by atoms with Crippen LogP contribution in [0, 0.1) is 0 Å². The van der Waals surface area contributed by atoms with Crippen molar-refractivity contribution in [3.05, 3.63) is 146 Å². The van der Waals surface area contributed by atoms with Crippen LogP contribution >= 0.6 is 0 Å². The Bertz CT molecular complexity index is 2130. The van der Waals surface area contributed by atoms with Crippen LogP contribution < -0.4 is 4.90 Å². The predicted octanol–water partition coefficient (Wildman–Crippen LogP) is 10.5. The summed E-state index contributed by atoms with van der Waals surface area (Å²) in [5.74, 6) is 0.599. The molecule has 8 rings (SSSR count). The minimum atomic E-state index is 0.599. The summed E-state index contributed by atoms with van der Waals surface area (Å²) in [6, 6.07) is 49.8. The van der Waals surface area contributed by atoms with E-state index >= 15 is 0 Å². The van der Waals surface area contributed by atoms with Crippen LogP contribution in [0.4, 0.5) is 17.1 Å². The number of oxazole rings is 1. The lowest BCUT2D eigenvalue weighted by molar-refractivity contribution is 0.617. The van der Waals surface area contributed by atoms with Gasteiger partial charge in [0.25, 0.3) is 0 Å². The van der Waals surface area contributed by atoms with Crippen molar-refractivity contribution in [3.8, 4) is 22.6 Å². The second-order valence-corrected chi connectivity index (χ2v) is 10.0. The predicted molar refractivity (Wildman–Crippen MR) is 167 cm³/mol. The fourth-order valence-electron chi connectivity index (χ4n) is 5.56. The highest BCUT2D eigenvalue weighted by Gasteiger charge is 2.21. The molecule has 0 unspecified atom stereocenters. The molecule has 0 aliphatic rings. The van der Waals surface area contributed by atoms with Gasteiger partial charge in [-0.3, -0.25) is 0 Å². The Morgan fingerprint density at radius 3 is 1.83 bits per heavy atom. The first-order valence-corrected chi connectivity index (χ1v) is 13.6. The number of fused-ring (bicyclic) bond motifs is 4. The first-order chi connectivity index (χ1) is 20.3. The van der Waals surface area contributed by atoms with Crippen molar-refractivity contribution < 1.29 is 8.83 Å². The first-order valence-electron chi connectivity index (χ1n) is 13.6. The lowest BCUT2D eigenvalue weighted by Gasteiger charge is -2.26. The summed E-state index contributed by atoms with van der Waals surface area (Å²) in [5, 5.41) is 2.03. The highest BCUT2D eigenvalue weighted by atomic mass is 16.4. The number of furan rings is 1. The molecule has 0 fully saturated rings. The van der Waals surface area contributed by atoms with Gasteiger partial charge in [0.15, 0.2) is 5.58 Å². The zero-order valence-electron chi connectivity index (χ0n) is 22.1. The Balaban J connectivity index is 1.32. The summed E-state index contributed by atoms with van der Waals surface area (Å²) in [6.07, 6.45) is 0. The summed E-state index contributed by atoms with van der Waals surface area (Å²) in [7, 11) is 0. The average Bonchev–Trinajstić information content (AvgIpc) is 3.63. The summed E-state index contributed by atoms with van der Waals surface area (Å²) in [5.41, 5.74) is 9.56. The fraction of sp³-hybridized carbons (Fsp3) is 0. The van der Waals surface area contributed by atoms with E-state index in [1.165, 1.54) is 11.1 Å². The number of aromatic nitrogens is 1.